The predicted molar refractivity (Wildman–Crippen MR) is 70.9 cm³/mol. The number of hydrogen-bond acceptors (Lipinski definition) is 3. The summed E-state index contributed by atoms with van der Waals surface area (Å²) < 4.78 is 1.86. The van der Waals surface area contributed by atoms with E-state index < -0.39 is 0 Å². The molecule has 2 aromatic rings. The third kappa shape index (κ3) is 2.61. The number of carbonyl (C=O) groups is 1. The van der Waals surface area contributed by atoms with E-state index in [-0.39, 0.29) is 18.6 Å². The van der Waals surface area contributed by atoms with Gasteiger partial charge in [-0.05, 0) is 37.3 Å². The quantitative estimate of drug-likeness (QED) is 0.848. The summed E-state index contributed by atoms with van der Waals surface area (Å²) in [5.41, 5.74) is 1.38. The number of rotatable bonds is 5. The molecule has 1 amide bonds. The Labute approximate surface area is 111 Å². The first-order chi connectivity index (χ1) is 9.28. The molecule has 5 nitrogen and oxygen atoms in total. The first-order valence-electron chi connectivity index (χ1n) is 6.62. The molecule has 5 heteroatoms. The fourth-order valence-corrected chi connectivity index (χ4v) is 2.37. The van der Waals surface area contributed by atoms with Crippen LogP contribution in [0.5, 0.6) is 0 Å². The van der Waals surface area contributed by atoms with Crippen molar-refractivity contribution >= 4 is 11.6 Å². The van der Waals surface area contributed by atoms with Crippen LogP contribution in [-0.4, -0.2) is 33.0 Å². The zero-order chi connectivity index (χ0) is 13.2. The van der Waals surface area contributed by atoms with Crippen molar-refractivity contribution in [1.29, 1.82) is 0 Å². The Balaban J connectivity index is 1.74. The fraction of sp³-hybridized carbons (Fsp3) is 0.429. The highest BCUT2D eigenvalue weighted by atomic mass is 16.3. The molecule has 1 unspecified atom stereocenters. The zero-order valence-corrected chi connectivity index (χ0v) is 10.6. The fourth-order valence-electron chi connectivity index (χ4n) is 2.37. The second-order valence-electron chi connectivity index (χ2n) is 5.04. The van der Waals surface area contributed by atoms with Crippen LogP contribution in [0, 0.1) is 5.92 Å². The molecule has 1 aliphatic rings. The standard InChI is InChI=1S/C14H17N3O2/c18-8-4-12(10-1-2-10)16-14(19)11-3-6-17-7-5-15-13(17)9-11/h3,5-7,9-10,12,18H,1-2,4,8H2,(H,16,19). The number of carbonyl (C=O) groups excluding carboxylic acids is 1. The summed E-state index contributed by atoms with van der Waals surface area (Å²) in [5, 5.41) is 12.1. The van der Waals surface area contributed by atoms with Crippen LogP contribution in [0.3, 0.4) is 0 Å². The molecule has 2 aromatic heterocycles. The SMILES string of the molecule is O=C(NC(CCO)C1CC1)c1ccn2ccnc2c1. The van der Waals surface area contributed by atoms with Crippen molar-refractivity contribution < 1.29 is 9.90 Å². The molecular weight excluding hydrogens is 242 g/mol. The molecule has 1 fully saturated rings. The van der Waals surface area contributed by atoms with Crippen molar-refractivity contribution in [2.24, 2.45) is 5.92 Å². The van der Waals surface area contributed by atoms with Gasteiger partial charge in [0.2, 0.25) is 0 Å². The van der Waals surface area contributed by atoms with Crippen molar-refractivity contribution in [1.82, 2.24) is 14.7 Å². The summed E-state index contributed by atoms with van der Waals surface area (Å²) in [7, 11) is 0. The number of nitrogens with zero attached hydrogens (tertiary/aromatic N) is 2. The van der Waals surface area contributed by atoms with Crippen LogP contribution in [0.15, 0.2) is 30.7 Å². The summed E-state index contributed by atoms with van der Waals surface area (Å²) in [6.07, 6.45) is 8.29. The van der Waals surface area contributed by atoms with Gasteiger partial charge in [-0.2, -0.15) is 0 Å². The smallest absolute Gasteiger partial charge is 0.251 e. The van der Waals surface area contributed by atoms with Crippen LogP contribution in [0.1, 0.15) is 29.6 Å². The molecule has 2 heterocycles. The van der Waals surface area contributed by atoms with Crippen molar-refractivity contribution in [2.45, 2.75) is 25.3 Å². The number of hydrogen-bond donors (Lipinski definition) is 2. The molecule has 0 aliphatic heterocycles. The van der Waals surface area contributed by atoms with E-state index in [0.29, 0.717) is 17.9 Å². The van der Waals surface area contributed by atoms with Crippen molar-refractivity contribution in [2.75, 3.05) is 6.61 Å². The lowest BCUT2D eigenvalue weighted by Gasteiger charge is -2.17. The average Bonchev–Trinajstić information content (AvgIpc) is 3.15. The lowest BCUT2D eigenvalue weighted by Crippen LogP contribution is -2.37. The van der Waals surface area contributed by atoms with Crippen molar-refractivity contribution in [3.05, 3.63) is 36.3 Å². The highest BCUT2D eigenvalue weighted by Gasteiger charge is 2.31. The lowest BCUT2D eigenvalue weighted by atomic mass is 10.1. The summed E-state index contributed by atoms with van der Waals surface area (Å²) in [6, 6.07) is 3.65. The third-order valence-corrected chi connectivity index (χ3v) is 3.61. The number of fused-ring (bicyclic) bond motifs is 1. The molecule has 0 bridgehead atoms. The van der Waals surface area contributed by atoms with Gasteiger partial charge in [-0.3, -0.25) is 4.79 Å². The van der Waals surface area contributed by atoms with E-state index in [1.165, 1.54) is 0 Å². The van der Waals surface area contributed by atoms with Crippen molar-refractivity contribution in [3.63, 3.8) is 0 Å². The van der Waals surface area contributed by atoms with Gasteiger partial charge >= 0.3 is 0 Å². The Morgan fingerprint density at radius 2 is 2.37 bits per heavy atom. The minimum absolute atomic E-state index is 0.0872. The Morgan fingerprint density at radius 3 is 3.11 bits per heavy atom. The predicted octanol–water partition coefficient (Wildman–Crippen LogP) is 1.23. The van der Waals surface area contributed by atoms with Gasteiger partial charge in [0.05, 0.1) is 0 Å². The molecule has 19 heavy (non-hydrogen) atoms. The molecule has 0 spiro atoms. The highest BCUT2D eigenvalue weighted by molar-refractivity contribution is 5.95. The highest BCUT2D eigenvalue weighted by Crippen LogP contribution is 2.34. The van der Waals surface area contributed by atoms with E-state index in [9.17, 15) is 4.79 Å². The maximum absolute atomic E-state index is 12.2. The normalized spacial score (nSPS) is 16.5. The van der Waals surface area contributed by atoms with Gasteiger partial charge in [0.1, 0.15) is 5.65 Å². The van der Waals surface area contributed by atoms with Gasteiger partial charge in [0.25, 0.3) is 5.91 Å². The first kappa shape index (κ1) is 12.2. The van der Waals surface area contributed by atoms with E-state index in [1.54, 1.807) is 18.3 Å². The van der Waals surface area contributed by atoms with Crippen LogP contribution in [0.4, 0.5) is 0 Å². The van der Waals surface area contributed by atoms with Crippen LogP contribution < -0.4 is 5.32 Å². The number of nitrogens with one attached hydrogen (secondary N) is 1. The van der Waals surface area contributed by atoms with Gasteiger partial charge in [-0.1, -0.05) is 0 Å². The van der Waals surface area contributed by atoms with Gasteiger partial charge < -0.3 is 14.8 Å². The number of aliphatic hydroxyl groups excluding tert-OH is 1. The maximum atomic E-state index is 12.2. The average molecular weight is 259 g/mol. The van der Waals surface area contributed by atoms with Crippen LogP contribution in [-0.2, 0) is 0 Å². The van der Waals surface area contributed by atoms with Crippen molar-refractivity contribution in [3.8, 4) is 0 Å². The Kier molecular flexibility index (Phi) is 3.21. The molecule has 0 saturated heterocycles. The largest absolute Gasteiger partial charge is 0.396 e. The van der Waals surface area contributed by atoms with E-state index in [1.807, 2.05) is 16.8 Å². The monoisotopic (exact) mass is 259 g/mol. The van der Waals surface area contributed by atoms with Crippen LogP contribution in [0.2, 0.25) is 0 Å². The molecule has 3 rings (SSSR count). The van der Waals surface area contributed by atoms with Gasteiger partial charge in [-0.25, -0.2) is 4.98 Å². The Hall–Kier alpha value is -1.88. The molecule has 2 N–H and O–H groups in total. The Morgan fingerprint density at radius 1 is 1.53 bits per heavy atom. The topological polar surface area (TPSA) is 66.6 Å². The molecule has 1 aliphatic carbocycles. The molecule has 100 valence electrons. The summed E-state index contributed by atoms with van der Waals surface area (Å²) >= 11 is 0. The number of amides is 1. The molecule has 1 saturated carbocycles. The summed E-state index contributed by atoms with van der Waals surface area (Å²) in [5.74, 6) is 0.446. The molecule has 1 atom stereocenters. The second kappa shape index (κ2) is 5.01. The lowest BCUT2D eigenvalue weighted by molar-refractivity contribution is 0.0924. The van der Waals surface area contributed by atoms with E-state index in [2.05, 4.69) is 10.3 Å². The number of aromatic nitrogens is 2. The van der Waals surface area contributed by atoms with Gasteiger partial charge in [-0.15, -0.1) is 0 Å². The van der Waals surface area contributed by atoms with E-state index in [0.717, 1.165) is 18.5 Å². The first-order valence-corrected chi connectivity index (χ1v) is 6.62. The number of pyridine rings is 1. The summed E-state index contributed by atoms with van der Waals surface area (Å²) in [6.45, 7) is 0.112. The van der Waals surface area contributed by atoms with Crippen LogP contribution >= 0.6 is 0 Å². The van der Waals surface area contributed by atoms with E-state index >= 15 is 0 Å². The number of imidazole rings is 1. The number of aliphatic hydroxyl groups is 1. The minimum atomic E-state index is -0.0872. The zero-order valence-electron chi connectivity index (χ0n) is 10.6. The van der Waals surface area contributed by atoms with Gasteiger partial charge in [0.15, 0.2) is 0 Å². The molecule has 0 radical (unpaired) electrons. The van der Waals surface area contributed by atoms with E-state index in [4.69, 9.17) is 5.11 Å². The molecular formula is C14H17N3O2. The maximum Gasteiger partial charge on any atom is 0.251 e. The van der Waals surface area contributed by atoms with Crippen LogP contribution in [0.25, 0.3) is 5.65 Å². The minimum Gasteiger partial charge on any atom is -0.396 e. The van der Waals surface area contributed by atoms with Gasteiger partial charge in [0, 0.05) is 36.8 Å². The third-order valence-electron chi connectivity index (χ3n) is 3.61. The molecule has 0 aromatic carbocycles. The second-order valence-corrected chi connectivity index (χ2v) is 5.04. The Bertz CT molecular complexity index is 589. The summed E-state index contributed by atoms with van der Waals surface area (Å²) in [4.78, 5) is 16.4.